The highest BCUT2D eigenvalue weighted by Gasteiger charge is 2.05. The van der Waals surface area contributed by atoms with Gasteiger partial charge in [0.2, 0.25) is 5.95 Å². The van der Waals surface area contributed by atoms with Crippen LogP contribution in [0.4, 0.5) is 5.95 Å². The third-order valence-electron chi connectivity index (χ3n) is 3.15. The summed E-state index contributed by atoms with van der Waals surface area (Å²) in [6.45, 7) is 7.60. The van der Waals surface area contributed by atoms with Gasteiger partial charge in [0, 0.05) is 24.3 Å². The SMILES string of the molecule is Cc1cc(-c2ccc(C(C)C)cc2)nc(NCCN)n1. The summed E-state index contributed by atoms with van der Waals surface area (Å²) < 4.78 is 0. The lowest BCUT2D eigenvalue weighted by Crippen LogP contribution is -2.15. The van der Waals surface area contributed by atoms with Gasteiger partial charge in [-0.1, -0.05) is 38.1 Å². The molecule has 2 aromatic rings. The second kappa shape index (κ2) is 6.48. The van der Waals surface area contributed by atoms with Gasteiger partial charge in [-0.3, -0.25) is 0 Å². The molecule has 20 heavy (non-hydrogen) atoms. The predicted octanol–water partition coefficient (Wildman–Crippen LogP) is 2.95. The number of rotatable bonds is 5. The Bertz CT molecular complexity index is 561. The van der Waals surface area contributed by atoms with Gasteiger partial charge in [0.05, 0.1) is 5.69 Å². The van der Waals surface area contributed by atoms with E-state index < -0.39 is 0 Å². The van der Waals surface area contributed by atoms with Crippen LogP contribution < -0.4 is 11.1 Å². The van der Waals surface area contributed by atoms with E-state index in [-0.39, 0.29) is 0 Å². The molecule has 0 unspecified atom stereocenters. The van der Waals surface area contributed by atoms with Crippen LogP contribution >= 0.6 is 0 Å². The standard InChI is InChI=1S/C16H22N4/c1-11(2)13-4-6-14(7-5-13)15-10-12(3)19-16(20-15)18-9-8-17/h4-7,10-11H,8-9,17H2,1-3H3,(H,18,19,20). The first-order valence-electron chi connectivity index (χ1n) is 7.00. The highest BCUT2D eigenvalue weighted by atomic mass is 15.1. The second-order valence-corrected chi connectivity index (χ2v) is 5.21. The monoisotopic (exact) mass is 270 g/mol. The number of hydrogen-bond acceptors (Lipinski definition) is 4. The van der Waals surface area contributed by atoms with Gasteiger partial charge < -0.3 is 11.1 Å². The van der Waals surface area contributed by atoms with Crippen molar-refractivity contribution in [3.05, 3.63) is 41.6 Å². The molecule has 2 rings (SSSR count). The lowest BCUT2D eigenvalue weighted by atomic mass is 10.0. The normalized spacial score (nSPS) is 10.8. The summed E-state index contributed by atoms with van der Waals surface area (Å²) >= 11 is 0. The first-order valence-corrected chi connectivity index (χ1v) is 7.00. The molecule has 0 bridgehead atoms. The van der Waals surface area contributed by atoms with Crippen molar-refractivity contribution in [2.24, 2.45) is 5.73 Å². The van der Waals surface area contributed by atoms with Crippen molar-refractivity contribution in [1.29, 1.82) is 0 Å². The first-order chi connectivity index (χ1) is 9.60. The van der Waals surface area contributed by atoms with Crippen molar-refractivity contribution < 1.29 is 0 Å². The van der Waals surface area contributed by atoms with Crippen molar-refractivity contribution >= 4 is 5.95 Å². The van der Waals surface area contributed by atoms with Crippen LogP contribution in [0.15, 0.2) is 30.3 Å². The Morgan fingerprint density at radius 2 is 1.85 bits per heavy atom. The van der Waals surface area contributed by atoms with Crippen LogP contribution in [0, 0.1) is 6.92 Å². The molecule has 0 aliphatic carbocycles. The Labute approximate surface area is 120 Å². The summed E-state index contributed by atoms with van der Waals surface area (Å²) in [7, 11) is 0. The number of anilines is 1. The van der Waals surface area contributed by atoms with Crippen molar-refractivity contribution in [2.45, 2.75) is 26.7 Å². The third-order valence-corrected chi connectivity index (χ3v) is 3.15. The van der Waals surface area contributed by atoms with E-state index in [1.165, 1.54) is 5.56 Å². The van der Waals surface area contributed by atoms with Crippen LogP contribution in [0.1, 0.15) is 31.0 Å². The lowest BCUT2D eigenvalue weighted by Gasteiger charge is -2.09. The fourth-order valence-electron chi connectivity index (χ4n) is 2.02. The number of aryl methyl sites for hydroxylation is 1. The summed E-state index contributed by atoms with van der Waals surface area (Å²) in [6.07, 6.45) is 0. The Balaban J connectivity index is 2.29. The summed E-state index contributed by atoms with van der Waals surface area (Å²) in [5.74, 6) is 1.18. The van der Waals surface area contributed by atoms with Crippen molar-refractivity contribution in [3.8, 4) is 11.3 Å². The van der Waals surface area contributed by atoms with Crippen molar-refractivity contribution in [2.75, 3.05) is 18.4 Å². The minimum Gasteiger partial charge on any atom is -0.353 e. The van der Waals surface area contributed by atoms with E-state index in [1.54, 1.807) is 0 Å². The van der Waals surface area contributed by atoms with E-state index in [1.807, 2.05) is 13.0 Å². The molecule has 0 atom stereocenters. The van der Waals surface area contributed by atoms with Crippen LogP contribution in [-0.2, 0) is 0 Å². The van der Waals surface area contributed by atoms with Crippen LogP contribution in [-0.4, -0.2) is 23.1 Å². The van der Waals surface area contributed by atoms with Gasteiger partial charge in [-0.25, -0.2) is 9.97 Å². The van der Waals surface area contributed by atoms with Crippen LogP contribution in [0.5, 0.6) is 0 Å². The Kier molecular flexibility index (Phi) is 4.69. The molecule has 0 radical (unpaired) electrons. The molecule has 4 nitrogen and oxygen atoms in total. The highest BCUT2D eigenvalue weighted by Crippen LogP contribution is 2.22. The van der Waals surface area contributed by atoms with Crippen LogP contribution in [0.2, 0.25) is 0 Å². The van der Waals surface area contributed by atoms with Gasteiger partial charge in [0.25, 0.3) is 0 Å². The maximum Gasteiger partial charge on any atom is 0.223 e. The zero-order chi connectivity index (χ0) is 14.5. The zero-order valence-electron chi connectivity index (χ0n) is 12.4. The third kappa shape index (κ3) is 3.54. The molecule has 0 spiro atoms. The quantitative estimate of drug-likeness (QED) is 0.876. The molecule has 1 aromatic heterocycles. The minimum absolute atomic E-state index is 0.540. The molecule has 0 saturated heterocycles. The van der Waals surface area contributed by atoms with E-state index in [9.17, 15) is 0 Å². The van der Waals surface area contributed by atoms with Crippen molar-refractivity contribution in [3.63, 3.8) is 0 Å². The molecule has 0 amide bonds. The number of nitrogens with zero attached hydrogens (tertiary/aromatic N) is 2. The van der Waals surface area contributed by atoms with E-state index in [2.05, 4.69) is 53.4 Å². The number of aromatic nitrogens is 2. The summed E-state index contributed by atoms with van der Waals surface area (Å²) in [5.41, 5.74) is 9.82. The minimum atomic E-state index is 0.540. The van der Waals surface area contributed by atoms with Crippen molar-refractivity contribution in [1.82, 2.24) is 9.97 Å². The average molecular weight is 270 g/mol. The molecule has 0 saturated carbocycles. The van der Waals surface area contributed by atoms with Gasteiger partial charge in [-0.05, 0) is 24.5 Å². The number of benzene rings is 1. The van der Waals surface area contributed by atoms with Gasteiger partial charge in [0.1, 0.15) is 0 Å². The molecule has 0 aliphatic rings. The molecule has 106 valence electrons. The van der Waals surface area contributed by atoms with E-state index in [0.717, 1.165) is 17.0 Å². The largest absolute Gasteiger partial charge is 0.353 e. The topological polar surface area (TPSA) is 63.8 Å². The maximum atomic E-state index is 5.49. The summed E-state index contributed by atoms with van der Waals surface area (Å²) in [4.78, 5) is 8.90. The molecule has 0 fully saturated rings. The maximum absolute atomic E-state index is 5.49. The molecule has 0 aliphatic heterocycles. The number of nitrogens with two attached hydrogens (primary N) is 1. The molecule has 3 N–H and O–H groups in total. The van der Waals surface area contributed by atoms with Gasteiger partial charge in [-0.15, -0.1) is 0 Å². The lowest BCUT2D eigenvalue weighted by molar-refractivity contribution is 0.867. The Morgan fingerprint density at radius 1 is 1.15 bits per heavy atom. The molecular weight excluding hydrogens is 248 g/mol. The van der Waals surface area contributed by atoms with Gasteiger partial charge in [-0.2, -0.15) is 0 Å². The number of nitrogens with one attached hydrogen (secondary N) is 1. The number of hydrogen-bond donors (Lipinski definition) is 2. The van der Waals surface area contributed by atoms with Gasteiger partial charge >= 0.3 is 0 Å². The second-order valence-electron chi connectivity index (χ2n) is 5.21. The van der Waals surface area contributed by atoms with Crippen LogP contribution in [0.25, 0.3) is 11.3 Å². The summed E-state index contributed by atoms with van der Waals surface area (Å²) in [5, 5.41) is 3.13. The van der Waals surface area contributed by atoms with E-state index >= 15 is 0 Å². The van der Waals surface area contributed by atoms with E-state index in [0.29, 0.717) is 25.0 Å². The Morgan fingerprint density at radius 3 is 2.45 bits per heavy atom. The smallest absolute Gasteiger partial charge is 0.223 e. The fraction of sp³-hybridized carbons (Fsp3) is 0.375. The molecular formula is C16H22N4. The first kappa shape index (κ1) is 14.5. The molecule has 1 aromatic carbocycles. The summed E-state index contributed by atoms with van der Waals surface area (Å²) in [6, 6.07) is 10.5. The Hall–Kier alpha value is -1.94. The van der Waals surface area contributed by atoms with E-state index in [4.69, 9.17) is 5.73 Å². The highest BCUT2D eigenvalue weighted by molar-refractivity contribution is 5.61. The fourth-order valence-corrected chi connectivity index (χ4v) is 2.02. The van der Waals surface area contributed by atoms with Crippen LogP contribution in [0.3, 0.4) is 0 Å². The predicted molar refractivity (Wildman–Crippen MR) is 83.8 cm³/mol. The molecule has 1 heterocycles. The zero-order valence-corrected chi connectivity index (χ0v) is 12.4. The molecule has 4 heteroatoms. The average Bonchev–Trinajstić information content (AvgIpc) is 2.44. The van der Waals surface area contributed by atoms with Gasteiger partial charge in [0.15, 0.2) is 0 Å².